The van der Waals surface area contributed by atoms with E-state index in [-0.39, 0.29) is 10.6 Å². The summed E-state index contributed by atoms with van der Waals surface area (Å²) in [4.78, 5) is -0.328. The van der Waals surface area contributed by atoms with Crippen molar-refractivity contribution < 1.29 is 25.6 Å². The molecule has 0 heterocycles. The Hall–Kier alpha value is -1.12. The molecule has 14 heavy (non-hydrogen) atoms. The Morgan fingerprint density at radius 2 is 1.64 bits per heavy atom. The molecule has 0 amide bonds. The van der Waals surface area contributed by atoms with Gasteiger partial charge in [-0.3, -0.25) is 4.55 Å². The standard InChI is InChI=1S/C6H6O6S2/c7-13(8)12-5-1-3-6(4-2-5)14(9,10)11/h1-4,13H,(H,9,10,11). The van der Waals surface area contributed by atoms with Gasteiger partial charge < -0.3 is 4.18 Å². The molecule has 1 rings (SSSR count). The first kappa shape index (κ1) is 11.0. The van der Waals surface area contributed by atoms with Crippen molar-refractivity contribution in [3.05, 3.63) is 24.3 Å². The molecular weight excluding hydrogens is 232 g/mol. The third kappa shape index (κ3) is 2.98. The number of hydrogen-bond donors (Lipinski definition) is 2. The second kappa shape index (κ2) is 3.95. The number of thiol groups is 1. The summed E-state index contributed by atoms with van der Waals surface area (Å²) in [5.74, 6) is -0.0199. The van der Waals surface area contributed by atoms with Crippen LogP contribution in [0.2, 0.25) is 0 Å². The van der Waals surface area contributed by atoms with Gasteiger partial charge in [-0.25, -0.2) is 0 Å². The zero-order valence-electron chi connectivity index (χ0n) is 6.65. The topological polar surface area (TPSA) is 97.7 Å². The molecule has 0 fully saturated rings. The molecule has 0 atom stereocenters. The van der Waals surface area contributed by atoms with E-state index in [9.17, 15) is 16.8 Å². The van der Waals surface area contributed by atoms with E-state index in [4.69, 9.17) is 4.55 Å². The second-order valence-corrected chi connectivity index (χ2v) is 4.31. The average molecular weight is 238 g/mol. The van der Waals surface area contributed by atoms with Gasteiger partial charge in [-0.1, -0.05) is 0 Å². The summed E-state index contributed by atoms with van der Waals surface area (Å²) in [5, 5.41) is 0. The van der Waals surface area contributed by atoms with Gasteiger partial charge in [0.25, 0.3) is 21.1 Å². The molecule has 1 aromatic rings. The van der Waals surface area contributed by atoms with Gasteiger partial charge in [-0.05, 0) is 24.3 Å². The van der Waals surface area contributed by atoms with E-state index in [1.54, 1.807) is 0 Å². The van der Waals surface area contributed by atoms with E-state index in [1.165, 1.54) is 0 Å². The molecule has 1 N–H and O–H groups in total. The highest BCUT2D eigenvalue weighted by molar-refractivity contribution is 7.85. The van der Waals surface area contributed by atoms with Crippen LogP contribution >= 0.6 is 0 Å². The lowest BCUT2D eigenvalue weighted by Crippen LogP contribution is -1.97. The van der Waals surface area contributed by atoms with Gasteiger partial charge in [0.15, 0.2) is 0 Å². The molecule has 0 saturated carbocycles. The van der Waals surface area contributed by atoms with Gasteiger partial charge in [0.05, 0.1) is 4.90 Å². The van der Waals surface area contributed by atoms with E-state index in [0.717, 1.165) is 24.3 Å². The van der Waals surface area contributed by atoms with Crippen molar-refractivity contribution in [2.45, 2.75) is 4.90 Å². The molecule has 8 heteroatoms. The highest BCUT2D eigenvalue weighted by Gasteiger charge is 2.08. The van der Waals surface area contributed by atoms with Gasteiger partial charge in [0, 0.05) is 0 Å². The minimum Gasteiger partial charge on any atom is -0.384 e. The summed E-state index contributed by atoms with van der Waals surface area (Å²) < 4.78 is 54.2. The Labute approximate surface area is 82.0 Å². The number of benzene rings is 1. The number of hydrogen-bond acceptors (Lipinski definition) is 5. The fourth-order valence-electron chi connectivity index (χ4n) is 0.759. The van der Waals surface area contributed by atoms with Crippen LogP contribution in [0, 0.1) is 0 Å². The van der Waals surface area contributed by atoms with Gasteiger partial charge >= 0.3 is 0 Å². The highest BCUT2D eigenvalue weighted by atomic mass is 32.2. The van der Waals surface area contributed by atoms with Crippen molar-refractivity contribution in [1.82, 2.24) is 0 Å². The Kier molecular flexibility index (Phi) is 3.09. The van der Waals surface area contributed by atoms with E-state index in [2.05, 4.69) is 4.18 Å². The van der Waals surface area contributed by atoms with Crippen molar-refractivity contribution in [1.29, 1.82) is 0 Å². The van der Waals surface area contributed by atoms with Gasteiger partial charge in [-0.15, -0.1) is 0 Å². The van der Waals surface area contributed by atoms with Crippen LogP contribution in [0.25, 0.3) is 0 Å². The Bertz CT molecular complexity index is 476. The normalized spacial score (nSPS) is 11.6. The lowest BCUT2D eigenvalue weighted by Gasteiger charge is -1.98. The van der Waals surface area contributed by atoms with Crippen LogP contribution in [0.3, 0.4) is 0 Å². The van der Waals surface area contributed by atoms with Crippen molar-refractivity contribution in [2.24, 2.45) is 0 Å². The SMILES string of the molecule is O=[SH](=O)Oc1ccc(S(=O)(=O)O)cc1. The lowest BCUT2D eigenvalue weighted by molar-refractivity contribution is 0.483. The fraction of sp³-hybridized carbons (Fsp3) is 0. The summed E-state index contributed by atoms with van der Waals surface area (Å²) in [6.07, 6.45) is 0. The molecule has 0 aromatic heterocycles. The molecule has 0 bridgehead atoms. The maximum Gasteiger partial charge on any atom is 0.299 e. The third-order valence-electron chi connectivity index (χ3n) is 1.30. The maximum atomic E-state index is 10.6. The van der Waals surface area contributed by atoms with E-state index in [1.807, 2.05) is 0 Å². The molecule has 0 unspecified atom stereocenters. The van der Waals surface area contributed by atoms with Crippen LogP contribution < -0.4 is 4.18 Å². The smallest absolute Gasteiger partial charge is 0.299 e. The average Bonchev–Trinajstić information content (AvgIpc) is 2.02. The fourth-order valence-corrected chi connectivity index (χ4v) is 1.53. The maximum absolute atomic E-state index is 10.6. The Morgan fingerprint density at radius 1 is 1.14 bits per heavy atom. The van der Waals surface area contributed by atoms with Gasteiger partial charge in [-0.2, -0.15) is 16.8 Å². The summed E-state index contributed by atoms with van der Waals surface area (Å²) in [6.45, 7) is 0. The van der Waals surface area contributed by atoms with Crippen LogP contribution in [0.5, 0.6) is 5.75 Å². The van der Waals surface area contributed by atoms with E-state index >= 15 is 0 Å². The monoisotopic (exact) mass is 238 g/mol. The molecule has 6 nitrogen and oxygen atoms in total. The van der Waals surface area contributed by atoms with Crippen LogP contribution in [0.4, 0.5) is 0 Å². The highest BCUT2D eigenvalue weighted by Crippen LogP contribution is 2.15. The van der Waals surface area contributed by atoms with Crippen molar-refractivity contribution in [2.75, 3.05) is 0 Å². The van der Waals surface area contributed by atoms with E-state index < -0.39 is 21.1 Å². The summed E-state index contributed by atoms with van der Waals surface area (Å²) >= 11 is 0. The summed E-state index contributed by atoms with van der Waals surface area (Å²) in [6, 6.07) is 4.30. The lowest BCUT2D eigenvalue weighted by atomic mass is 10.3. The minimum absolute atomic E-state index is 0.0199. The minimum atomic E-state index is -4.25. The van der Waals surface area contributed by atoms with Crippen LogP contribution in [0.15, 0.2) is 29.2 Å². The van der Waals surface area contributed by atoms with Crippen LogP contribution in [-0.4, -0.2) is 21.4 Å². The largest absolute Gasteiger partial charge is 0.384 e. The third-order valence-corrected chi connectivity index (χ3v) is 2.53. The molecule has 1 aromatic carbocycles. The van der Waals surface area contributed by atoms with Gasteiger partial charge in [0.1, 0.15) is 5.75 Å². The summed E-state index contributed by atoms with van der Waals surface area (Å²) in [7, 11) is -7.28. The predicted octanol–water partition coefficient (Wildman–Crippen LogP) is -0.161. The molecule has 0 aliphatic heterocycles. The first-order valence-corrected chi connectivity index (χ1v) is 5.83. The zero-order chi connectivity index (χ0) is 10.8. The van der Waals surface area contributed by atoms with Crippen molar-refractivity contribution in [3.63, 3.8) is 0 Å². The molecular formula is C6H6O6S2. The first-order valence-electron chi connectivity index (χ1n) is 3.29. The molecule has 0 saturated heterocycles. The second-order valence-electron chi connectivity index (χ2n) is 2.26. The first-order chi connectivity index (χ1) is 6.39. The summed E-state index contributed by atoms with van der Waals surface area (Å²) in [5.41, 5.74) is 0. The van der Waals surface area contributed by atoms with Crippen molar-refractivity contribution >= 4 is 21.1 Å². The Morgan fingerprint density at radius 3 is 2.00 bits per heavy atom. The molecule has 0 aliphatic rings. The molecule has 78 valence electrons. The molecule has 0 aliphatic carbocycles. The van der Waals surface area contributed by atoms with Crippen LogP contribution in [-0.2, 0) is 21.1 Å². The molecule has 0 radical (unpaired) electrons. The number of rotatable bonds is 3. The molecule has 0 spiro atoms. The quantitative estimate of drug-likeness (QED) is 0.561. The van der Waals surface area contributed by atoms with Crippen molar-refractivity contribution in [3.8, 4) is 5.75 Å². The zero-order valence-corrected chi connectivity index (χ0v) is 8.36. The van der Waals surface area contributed by atoms with Gasteiger partial charge in [0.2, 0.25) is 0 Å². The predicted molar refractivity (Wildman–Crippen MR) is 47.2 cm³/mol. The van der Waals surface area contributed by atoms with E-state index in [0.29, 0.717) is 0 Å². The van der Waals surface area contributed by atoms with Crippen LogP contribution in [0.1, 0.15) is 0 Å². The Balaban J connectivity index is 3.01.